The molecule has 0 aromatic heterocycles. The van der Waals surface area contributed by atoms with Gasteiger partial charge in [-0.25, -0.2) is 4.79 Å². The van der Waals surface area contributed by atoms with Crippen LogP contribution in [0.15, 0.2) is 84.9 Å². The number of urea groups is 1. The third-order valence-electron chi connectivity index (χ3n) is 5.77. The van der Waals surface area contributed by atoms with Crippen molar-refractivity contribution in [2.75, 3.05) is 13.2 Å². The summed E-state index contributed by atoms with van der Waals surface area (Å²) in [5.74, 6) is 0.246. The molecule has 0 aliphatic carbocycles. The van der Waals surface area contributed by atoms with Gasteiger partial charge >= 0.3 is 6.03 Å². The maximum atomic E-state index is 13.1. The first kappa shape index (κ1) is 21.6. The number of benzene rings is 3. The molecular formula is C26H26N2O4. The molecular weight excluding hydrogens is 404 g/mol. The van der Waals surface area contributed by atoms with Gasteiger partial charge in [-0.15, -0.1) is 0 Å². The summed E-state index contributed by atoms with van der Waals surface area (Å²) >= 11 is 0. The predicted octanol–water partition coefficient (Wildman–Crippen LogP) is 3.95. The van der Waals surface area contributed by atoms with Crippen molar-refractivity contribution in [3.63, 3.8) is 0 Å². The van der Waals surface area contributed by atoms with Crippen molar-refractivity contribution in [2.45, 2.75) is 25.0 Å². The quantitative estimate of drug-likeness (QED) is 0.531. The van der Waals surface area contributed by atoms with E-state index in [0.29, 0.717) is 12.2 Å². The first-order valence-electron chi connectivity index (χ1n) is 10.7. The number of hydrogen-bond acceptors (Lipinski definition) is 4. The normalized spacial score (nSPS) is 19.0. The lowest BCUT2D eigenvalue weighted by molar-refractivity contribution is -0.132. The van der Waals surface area contributed by atoms with Crippen molar-refractivity contribution < 1.29 is 19.4 Å². The fraction of sp³-hybridized carbons (Fsp3) is 0.231. The molecule has 3 aromatic carbocycles. The average Bonchev–Trinajstić information content (AvgIpc) is 3.09. The van der Waals surface area contributed by atoms with Crippen LogP contribution >= 0.6 is 0 Å². The van der Waals surface area contributed by atoms with E-state index < -0.39 is 17.7 Å². The number of hydrogen-bond donors (Lipinski definition) is 2. The van der Waals surface area contributed by atoms with E-state index in [9.17, 15) is 14.7 Å². The number of β-amino-alcohol motifs (C(OH)–C–C–N with tert-alkyl or cyclic N) is 1. The van der Waals surface area contributed by atoms with Gasteiger partial charge in [0, 0.05) is 0 Å². The molecule has 0 radical (unpaired) electrons. The zero-order chi connectivity index (χ0) is 22.6. The Kier molecular flexibility index (Phi) is 6.23. The molecule has 32 heavy (non-hydrogen) atoms. The summed E-state index contributed by atoms with van der Waals surface area (Å²) in [6.07, 6.45) is -0.597. The summed E-state index contributed by atoms with van der Waals surface area (Å²) in [4.78, 5) is 26.8. The summed E-state index contributed by atoms with van der Waals surface area (Å²) in [5.41, 5.74) is 1.80. The first-order valence-corrected chi connectivity index (χ1v) is 10.7. The van der Waals surface area contributed by atoms with Gasteiger partial charge in [-0.05, 0) is 35.2 Å². The smallest absolute Gasteiger partial charge is 0.325 e. The van der Waals surface area contributed by atoms with Crippen LogP contribution in [0.25, 0.3) is 11.1 Å². The monoisotopic (exact) mass is 430 g/mol. The topological polar surface area (TPSA) is 78.9 Å². The Morgan fingerprint density at radius 2 is 1.50 bits per heavy atom. The minimum atomic E-state index is -1.10. The largest absolute Gasteiger partial charge is 0.491 e. The van der Waals surface area contributed by atoms with Crippen LogP contribution < -0.4 is 10.1 Å². The SMILES string of the molecule is CCC1(c2ccccc2)NC(=O)N(CC(O)COc2ccc(-c3ccccc3)cc2)C1=O. The van der Waals surface area contributed by atoms with Crippen LogP contribution in [0, 0.1) is 0 Å². The number of nitrogens with one attached hydrogen (secondary N) is 1. The van der Waals surface area contributed by atoms with E-state index in [0.717, 1.165) is 21.6 Å². The number of carbonyl (C=O) groups is 2. The third kappa shape index (κ3) is 4.22. The van der Waals surface area contributed by atoms with Crippen LogP contribution in [0.5, 0.6) is 5.75 Å². The maximum Gasteiger partial charge on any atom is 0.325 e. The van der Waals surface area contributed by atoms with Crippen LogP contribution in [0.1, 0.15) is 18.9 Å². The van der Waals surface area contributed by atoms with Crippen LogP contribution in [-0.4, -0.2) is 41.2 Å². The first-order chi connectivity index (χ1) is 15.5. The number of imide groups is 1. The van der Waals surface area contributed by atoms with E-state index in [1.807, 2.05) is 91.9 Å². The number of aliphatic hydroxyl groups is 1. The van der Waals surface area contributed by atoms with Gasteiger partial charge in [0.15, 0.2) is 0 Å². The van der Waals surface area contributed by atoms with Crippen molar-refractivity contribution >= 4 is 11.9 Å². The molecule has 2 unspecified atom stereocenters. The van der Waals surface area contributed by atoms with E-state index in [2.05, 4.69) is 5.32 Å². The van der Waals surface area contributed by atoms with Crippen LogP contribution in [0.4, 0.5) is 4.79 Å². The highest BCUT2D eigenvalue weighted by molar-refractivity contribution is 6.07. The molecule has 0 spiro atoms. The molecule has 6 nitrogen and oxygen atoms in total. The zero-order valence-corrected chi connectivity index (χ0v) is 17.9. The molecule has 4 rings (SSSR count). The second kappa shape index (κ2) is 9.24. The average molecular weight is 431 g/mol. The number of amides is 3. The Morgan fingerprint density at radius 1 is 0.906 bits per heavy atom. The van der Waals surface area contributed by atoms with E-state index in [-0.39, 0.29) is 19.1 Å². The second-order valence-electron chi connectivity index (χ2n) is 7.83. The van der Waals surface area contributed by atoms with Gasteiger partial charge in [-0.3, -0.25) is 9.69 Å². The molecule has 1 fully saturated rings. The summed E-state index contributed by atoms with van der Waals surface area (Å²) in [6.45, 7) is 1.68. The molecule has 2 atom stereocenters. The fourth-order valence-corrected chi connectivity index (χ4v) is 3.98. The highest BCUT2D eigenvalue weighted by Crippen LogP contribution is 2.32. The lowest BCUT2D eigenvalue weighted by Crippen LogP contribution is -2.44. The zero-order valence-electron chi connectivity index (χ0n) is 17.9. The summed E-state index contributed by atoms with van der Waals surface area (Å²) in [7, 11) is 0. The summed E-state index contributed by atoms with van der Waals surface area (Å²) in [6, 6.07) is 26.2. The molecule has 1 aliphatic heterocycles. The van der Waals surface area contributed by atoms with Gasteiger partial charge in [0.2, 0.25) is 0 Å². The second-order valence-corrected chi connectivity index (χ2v) is 7.83. The van der Waals surface area contributed by atoms with E-state index in [4.69, 9.17) is 4.74 Å². The van der Waals surface area contributed by atoms with Gasteiger partial charge in [0.25, 0.3) is 5.91 Å². The molecule has 0 bridgehead atoms. The highest BCUT2D eigenvalue weighted by Gasteiger charge is 2.51. The van der Waals surface area contributed by atoms with Gasteiger partial charge < -0.3 is 15.2 Å². The van der Waals surface area contributed by atoms with Crippen molar-refractivity contribution in [2.24, 2.45) is 0 Å². The number of aliphatic hydroxyl groups excluding tert-OH is 1. The highest BCUT2D eigenvalue weighted by atomic mass is 16.5. The Morgan fingerprint density at radius 3 is 2.12 bits per heavy atom. The molecule has 164 valence electrons. The van der Waals surface area contributed by atoms with Gasteiger partial charge in [0.1, 0.15) is 24.0 Å². The van der Waals surface area contributed by atoms with Crippen LogP contribution in [0.2, 0.25) is 0 Å². The predicted molar refractivity (Wildman–Crippen MR) is 122 cm³/mol. The molecule has 3 aromatic rings. The van der Waals surface area contributed by atoms with Gasteiger partial charge in [-0.1, -0.05) is 79.7 Å². The summed E-state index contributed by atoms with van der Waals surface area (Å²) < 4.78 is 5.68. The molecule has 2 N–H and O–H groups in total. The Balaban J connectivity index is 1.37. The molecule has 1 saturated heterocycles. The third-order valence-corrected chi connectivity index (χ3v) is 5.77. The van der Waals surface area contributed by atoms with Crippen LogP contribution in [-0.2, 0) is 10.3 Å². The molecule has 6 heteroatoms. The van der Waals surface area contributed by atoms with E-state index in [1.165, 1.54) is 0 Å². The van der Waals surface area contributed by atoms with Gasteiger partial charge in [0.05, 0.1) is 6.54 Å². The Bertz CT molecular complexity index is 1070. The van der Waals surface area contributed by atoms with Crippen molar-refractivity contribution in [3.05, 3.63) is 90.5 Å². The maximum absolute atomic E-state index is 13.1. The number of carbonyl (C=O) groups excluding carboxylic acids is 2. The number of rotatable bonds is 8. The minimum Gasteiger partial charge on any atom is -0.491 e. The molecule has 3 amide bonds. The lowest BCUT2D eigenvalue weighted by Gasteiger charge is -2.26. The van der Waals surface area contributed by atoms with E-state index in [1.54, 1.807) is 0 Å². The van der Waals surface area contributed by atoms with Crippen molar-refractivity contribution in [1.82, 2.24) is 10.2 Å². The molecule has 1 aliphatic rings. The standard InChI is InChI=1S/C26H26N2O4/c1-2-26(21-11-7-4-8-12-21)24(30)28(25(31)27-26)17-22(29)18-32-23-15-13-20(14-16-23)19-9-5-3-6-10-19/h3-16,22,29H,2,17-18H2,1H3,(H,27,31). The lowest BCUT2D eigenvalue weighted by atomic mass is 9.87. The van der Waals surface area contributed by atoms with E-state index >= 15 is 0 Å². The van der Waals surface area contributed by atoms with Crippen LogP contribution in [0.3, 0.4) is 0 Å². The number of ether oxygens (including phenoxy) is 1. The Hall–Kier alpha value is -3.64. The van der Waals surface area contributed by atoms with Gasteiger partial charge in [-0.2, -0.15) is 0 Å². The molecule has 1 heterocycles. The molecule has 0 saturated carbocycles. The van der Waals surface area contributed by atoms with Crippen molar-refractivity contribution in [3.8, 4) is 16.9 Å². The summed E-state index contributed by atoms with van der Waals surface area (Å²) in [5, 5.41) is 13.3. The minimum absolute atomic E-state index is 0.0355. The fourth-order valence-electron chi connectivity index (χ4n) is 3.98. The number of nitrogens with zero attached hydrogens (tertiary/aromatic N) is 1. The Labute approximate surface area is 187 Å². The van der Waals surface area contributed by atoms with Crippen molar-refractivity contribution in [1.29, 1.82) is 0 Å².